The molecule has 2 aliphatic heterocycles. The van der Waals surface area contributed by atoms with Gasteiger partial charge < -0.3 is 14.2 Å². The van der Waals surface area contributed by atoms with Crippen LogP contribution in [0.3, 0.4) is 0 Å². The van der Waals surface area contributed by atoms with Crippen molar-refractivity contribution in [2.45, 2.75) is 58.5 Å². The maximum Gasteiger partial charge on any atom is 0.177 e. The van der Waals surface area contributed by atoms with Gasteiger partial charge in [0.25, 0.3) is 0 Å². The summed E-state index contributed by atoms with van der Waals surface area (Å²) in [7, 11) is 0. The molecular formula is C25H31N5O3. The molecule has 2 aliphatic carbocycles. The first-order chi connectivity index (χ1) is 16.0. The zero-order valence-electron chi connectivity index (χ0n) is 19.4. The normalized spacial score (nSPS) is 23.6. The Morgan fingerprint density at radius 2 is 1.97 bits per heavy atom. The molecule has 0 aromatic carbocycles. The first kappa shape index (κ1) is 21.1. The lowest BCUT2D eigenvalue weighted by molar-refractivity contribution is -0.213. The summed E-state index contributed by atoms with van der Waals surface area (Å²) in [6.07, 6.45) is 8.21. The zero-order valence-corrected chi connectivity index (χ0v) is 19.4. The van der Waals surface area contributed by atoms with Gasteiger partial charge >= 0.3 is 0 Å². The van der Waals surface area contributed by atoms with E-state index in [4.69, 9.17) is 14.2 Å². The summed E-state index contributed by atoms with van der Waals surface area (Å²) in [5.41, 5.74) is 2.95. The molecule has 8 nitrogen and oxygen atoms in total. The van der Waals surface area contributed by atoms with Gasteiger partial charge in [0, 0.05) is 30.3 Å². The van der Waals surface area contributed by atoms with Crippen LogP contribution in [0, 0.1) is 22.7 Å². The number of aromatic nitrogens is 4. The first-order valence-electron chi connectivity index (χ1n) is 12.0. The van der Waals surface area contributed by atoms with Crippen LogP contribution in [0.5, 0.6) is 5.75 Å². The zero-order chi connectivity index (χ0) is 22.5. The summed E-state index contributed by atoms with van der Waals surface area (Å²) in [5.74, 6) is 7.25. The largest absolute Gasteiger partial charge is 0.488 e. The molecule has 0 N–H and O–H groups in total. The third-order valence-electron chi connectivity index (χ3n) is 6.73. The fourth-order valence-electron chi connectivity index (χ4n) is 4.54. The summed E-state index contributed by atoms with van der Waals surface area (Å²) >= 11 is 0. The number of likely N-dealkylation sites (tertiary alicyclic amines) is 1. The number of rotatable bonds is 6. The lowest BCUT2D eigenvalue weighted by Crippen LogP contribution is -2.52. The van der Waals surface area contributed by atoms with Crippen LogP contribution in [-0.4, -0.2) is 70.1 Å². The van der Waals surface area contributed by atoms with E-state index in [1.54, 1.807) is 10.9 Å². The third-order valence-corrected chi connectivity index (χ3v) is 6.73. The highest BCUT2D eigenvalue weighted by atomic mass is 16.7. The molecule has 4 aliphatic rings. The quantitative estimate of drug-likeness (QED) is 0.628. The molecule has 2 aromatic rings. The van der Waals surface area contributed by atoms with Crippen molar-refractivity contribution in [2.24, 2.45) is 10.8 Å². The van der Waals surface area contributed by atoms with Crippen LogP contribution in [0.15, 0.2) is 18.5 Å². The van der Waals surface area contributed by atoms with Crippen LogP contribution in [-0.2, 0) is 16.0 Å². The van der Waals surface area contributed by atoms with Gasteiger partial charge in [-0.15, -0.1) is 5.10 Å². The molecule has 2 saturated carbocycles. The van der Waals surface area contributed by atoms with Gasteiger partial charge in [-0.05, 0) is 37.2 Å². The highest BCUT2D eigenvalue weighted by Gasteiger charge is 2.47. The van der Waals surface area contributed by atoms with Crippen LogP contribution < -0.4 is 4.74 Å². The van der Waals surface area contributed by atoms with Crippen LogP contribution in [0.1, 0.15) is 45.1 Å². The first-order valence-corrected chi connectivity index (χ1v) is 12.0. The summed E-state index contributed by atoms with van der Waals surface area (Å²) < 4.78 is 19.7. The van der Waals surface area contributed by atoms with Gasteiger partial charge in [-0.2, -0.15) is 0 Å². The lowest BCUT2D eigenvalue weighted by Gasteiger charge is -2.44. The van der Waals surface area contributed by atoms with E-state index in [1.165, 1.54) is 12.8 Å². The summed E-state index contributed by atoms with van der Waals surface area (Å²) in [6.45, 7) is 9.62. The fourth-order valence-corrected chi connectivity index (χ4v) is 4.54. The second-order valence-electron chi connectivity index (χ2n) is 10.9. The molecule has 2 saturated heterocycles. The smallest absolute Gasteiger partial charge is 0.177 e. The van der Waals surface area contributed by atoms with E-state index in [1.807, 2.05) is 12.3 Å². The topological polar surface area (TPSA) is 74.5 Å². The van der Waals surface area contributed by atoms with Gasteiger partial charge in [0.1, 0.15) is 17.1 Å². The van der Waals surface area contributed by atoms with E-state index < -0.39 is 0 Å². The van der Waals surface area contributed by atoms with Crippen molar-refractivity contribution >= 4 is 0 Å². The SMILES string of the molecule is CC1(C)CN(CC#Cc2cnc(-c3cn(CC4OCC5(CC5)CO4)nn3)c(OC3CC3)c2)C1. The highest BCUT2D eigenvalue weighted by Crippen LogP contribution is 2.48. The number of ether oxygens (including phenoxy) is 3. The molecule has 33 heavy (non-hydrogen) atoms. The van der Waals surface area contributed by atoms with Crippen molar-refractivity contribution in [1.29, 1.82) is 0 Å². The van der Waals surface area contributed by atoms with Crippen LogP contribution in [0.2, 0.25) is 0 Å². The van der Waals surface area contributed by atoms with Crippen LogP contribution >= 0.6 is 0 Å². The van der Waals surface area contributed by atoms with Crippen molar-refractivity contribution in [2.75, 3.05) is 32.8 Å². The Morgan fingerprint density at radius 3 is 2.67 bits per heavy atom. The third kappa shape index (κ3) is 4.91. The molecule has 2 aromatic heterocycles. The molecule has 1 spiro atoms. The van der Waals surface area contributed by atoms with Gasteiger partial charge in [-0.25, -0.2) is 9.67 Å². The van der Waals surface area contributed by atoms with Gasteiger partial charge in [0.05, 0.1) is 38.6 Å². The number of nitrogens with zero attached hydrogens (tertiary/aromatic N) is 5. The van der Waals surface area contributed by atoms with Crippen molar-refractivity contribution in [3.05, 3.63) is 24.0 Å². The molecule has 0 atom stereocenters. The minimum atomic E-state index is -0.282. The second kappa shape index (κ2) is 8.08. The number of pyridine rings is 1. The lowest BCUT2D eigenvalue weighted by atomic mass is 9.84. The number of hydrogen-bond donors (Lipinski definition) is 0. The number of hydrogen-bond acceptors (Lipinski definition) is 7. The van der Waals surface area contributed by atoms with Crippen LogP contribution in [0.4, 0.5) is 0 Å². The molecule has 4 fully saturated rings. The van der Waals surface area contributed by atoms with Crippen molar-refractivity contribution in [1.82, 2.24) is 24.9 Å². The highest BCUT2D eigenvalue weighted by molar-refractivity contribution is 5.63. The molecule has 4 heterocycles. The minimum Gasteiger partial charge on any atom is -0.488 e. The summed E-state index contributed by atoms with van der Waals surface area (Å²) in [6, 6.07) is 1.98. The Labute approximate surface area is 194 Å². The van der Waals surface area contributed by atoms with Gasteiger partial charge in [0.15, 0.2) is 6.29 Å². The fraction of sp³-hybridized carbons (Fsp3) is 0.640. The van der Waals surface area contributed by atoms with Crippen molar-refractivity contribution in [3.63, 3.8) is 0 Å². The molecule has 0 radical (unpaired) electrons. The van der Waals surface area contributed by atoms with Crippen LogP contribution in [0.25, 0.3) is 11.4 Å². The monoisotopic (exact) mass is 449 g/mol. The van der Waals surface area contributed by atoms with E-state index in [-0.39, 0.29) is 12.4 Å². The van der Waals surface area contributed by atoms with E-state index in [2.05, 4.69) is 45.9 Å². The Kier molecular flexibility index (Phi) is 5.17. The standard InChI is InChI=1S/C25H31N5O3/c1-24(2)14-29(15-24)9-3-4-18-10-21(33-19-5-6-19)23(26-11-18)20-12-30(28-27-20)13-22-31-16-25(7-8-25)17-32-22/h10-12,19,22H,5-9,13-17H2,1-2H3. The minimum absolute atomic E-state index is 0.255. The Hall–Kier alpha value is -2.47. The molecule has 0 bridgehead atoms. The van der Waals surface area contributed by atoms with E-state index in [0.717, 1.165) is 57.0 Å². The molecule has 0 amide bonds. The molecule has 0 unspecified atom stereocenters. The Balaban J connectivity index is 1.13. The molecule has 174 valence electrons. The average Bonchev–Trinajstić information content (AvgIpc) is 3.69. The van der Waals surface area contributed by atoms with Gasteiger partial charge in [-0.3, -0.25) is 4.90 Å². The van der Waals surface area contributed by atoms with E-state index in [9.17, 15) is 0 Å². The molecular weight excluding hydrogens is 418 g/mol. The van der Waals surface area contributed by atoms with E-state index >= 15 is 0 Å². The second-order valence-corrected chi connectivity index (χ2v) is 10.9. The predicted octanol–water partition coefficient (Wildman–Crippen LogP) is 2.73. The predicted molar refractivity (Wildman–Crippen MR) is 121 cm³/mol. The molecule has 6 rings (SSSR count). The maximum atomic E-state index is 6.16. The van der Waals surface area contributed by atoms with Gasteiger partial charge in [-0.1, -0.05) is 30.9 Å². The van der Waals surface area contributed by atoms with Crippen molar-refractivity contribution in [3.8, 4) is 29.0 Å². The van der Waals surface area contributed by atoms with E-state index in [0.29, 0.717) is 28.8 Å². The van der Waals surface area contributed by atoms with Crippen molar-refractivity contribution < 1.29 is 14.2 Å². The summed E-state index contributed by atoms with van der Waals surface area (Å²) in [5, 5.41) is 8.62. The van der Waals surface area contributed by atoms with Gasteiger partial charge in [0.2, 0.25) is 0 Å². The average molecular weight is 450 g/mol. The Morgan fingerprint density at radius 1 is 1.18 bits per heavy atom. The maximum absolute atomic E-state index is 6.16. The Bertz CT molecular complexity index is 1070. The molecule has 8 heteroatoms. The summed E-state index contributed by atoms with van der Waals surface area (Å²) in [4.78, 5) is 7.01.